The number of nitrogens with zero attached hydrogens (tertiary/aromatic N) is 1. The van der Waals surface area contributed by atoms with Gasteiger partial charge in [0.05, 0.1) is 0 Å². The Balaban J connectivity index is 1.87. The first kappa shape index (κ1) is 13.4. The number of nitrogens with two attached hydrogens (primary N) is 1. The van der Waals surface area contributed by atoms with Gasteiger partial charge in [0.15, 0.2) is 0 Å². The number of carbonyl (C=O) groups is 1. The number of hydrogen-bond donors (Lipinski definition) is 2. The molecule has 3 N–H and O–H groups in total. The Labute approximate surface area is 120 Å². The number of carbonyl (C=O) groups excluding carboxylic acids is 1. The van der Waals surface area contributed by atoms with Crippen molar-refractivity contribution in [3.8, 4) is 0 Å². The summed E-state index contributed by atoms with van der Waals surface area (Å²) in [5.41, 5.74) is 8.90. The molecule has 0 saturated carbocycles. The highest BCUT2D eigenvalue weighted by Crippen LogP contribution is 2.35. The van der Waals surface area contributed by atoms with Gasteiger partial charge in [-0.1, -0.05) is 19.4 Å². The minimum atomic E-state index is -0.508. The van der Waals surface area contributed by atoms with Crippen molar-refractivity contribution in [2.24, 2.45) is 5.73 Å². The van der Waals surface area contributed by atoms with Gasteiger partial charge in [0.1, 0.15) is 6.04 Å². The summed E-state index contributed by atoms with van der Waals surface area (Å²) < 4.78 is 0. The molecule has 20 heavy (non-hydrogen) atoms. The highest BCUT2D eigenvalue weighted by molar-refractivity contribution is 6.02. The van der Waals surface area contributed by atoms with E-state index >= 15 is 0 Å². The van der Waals surface area contributed by atoms with Crippen LogP contribution >= 0.6 is 0 Å². The molecule has 0 bridgehead atoms. The molecule has 0 radical (unpaired) electrons. The van der Waals surface area contributed by atoms with Crippen LogP contribution in [0.15, 0.2) is 18.2 Å². The van der Waals surface area contributed by atoms with Gasteiger partial charge < -0.3 is 16.0 Å². The topological polar surface area (TPSA) is 58.4 Å². The van der Waals surface area contributed by atoms with E-state index in [1.807, 2.05) is 6.07 Å². The van der Waals surface area contributed by atoms with Crippen LogP contribution in [0.3, 0.4) is 0 Å². The van der Waals surface area contributed by atoms with Gasteiger partial charge in [0.25, 0.3) is 0 Å². The number of piperidine rings is 1. The predicted molar refractivity (Wildman–Crippen MR) is 81.9 cm³/mol. The third kappa shape index (κ3) is 2.29. The third-order valence-corrected chi connectivity index (χ3v) is 4.49. The van der Waals surface area contributed by atoms with E-state index in [1.165, 1.54) is 37.8 Å². The summed E-state index contributed by atoms with van der Waals surface area (Å²) in [7, 11) is 0. The van der Waals surface area contributed by atoms with Gasteiger partial charge in [0.2, 0.25) is 5.91 Å². The van der Waals surface area contributed by atoms with E-state index in [9.17, 15) is 4.79 Å². The number of anilines is 2. The number of rotatable bonds is 3. The zero-order valence-corrected chi connectivity index (χ0v) is 12.1. The van der Waals surface area contributed by atoms with Crippen LogP contribution in [0.5, 0.6) is 0 Å². The molecule has 0 spiro atoms. The number of nitrogens with one attached hydrogen (secondary N) is 1. The van der Waals surface area contributed by atoms with Crippen molar-refractivity contribution in [2.75, 3.05) is 16.8 Å². The van der Waals surface area contributed by atoms with Crippen LogP contribution in [0, 0.1) is 0 Å². The first-order valence-electron chi connectivity index (χ1n) is 7.67. The lowest BCUT2D eigenvalue weighted by molar-refractivity contribution is -0.116. The van der Waals surface area contributed by atoms with Crippen LogP contribution in [-0.4, -0.2) is 18.5 Å². The fourth-order valence-electron chi connectivity index (χ4n) is 3.43. The van der Waals surface area contributed by atoms with Crippen molar-refractivity contribution in [1.29, 1.82) is 0 Å². The second kappa shape index (κ2) is 5.44. The molecule has 2 aliphatic rings. The summed E-state index contributed by atoms with van der Waals surface area (Å²) in [6.45, 7) is 3.36. The summed E-state index contributed by atoms with van der Waals surface area (Å²) in [5.74, 6) is -0.0964. The average Bonchev–Trinajstić information content (AvgIpc) is 2.74. The Kier molecular flexibility index (Phi) is 3.66. The number of fused-ring (bicyclic) bond motifs is 1. The highest BCUT2D eigenvalue weighted by atomic mass is 16.2. The third-order valence-electron chi connectivity index (χ3n) is 4.49. The lowest BCUT2D eigenvalue weighted by Gasteiger charge is -2.38. The minimum Gasteiger partial charge on any atom is -0.368 e. The van der Waals surface area contributed by atoms with Crippen LogP contribution in [0.2, 0.25) is 0 Å². The van der Waals surface area contributed by atoms with E-state index in [1.54, 1.807) is 0 Å². The lowest BCUT2D eigenvalue weighted by Crippen LogP contribution is -2.39. The molecule has 2 aliphatic heterocycles. The van der Waals surface area contributed by atoms with E-state index in [4.69, 9.17) is 5.73 Å². The molecule has 1 fully saturated rings. The lowest BCUT2D eigenvalue weighted by atomic mass is 9.97. The van der Waals surface area contributed by atoms with Crippen molar-refractivity contribution in [3.05, 3.63) is 23.8 Å². The quantitative estimate of drug-likeness (QED) is 0.890. The second-order valence-electron chi connectivity index (χ2n) is 5.87. The van der Waals surface area contributed by atoms with Crippen LogP contribution in [-0.2, 0) is 4.79 Å². The second-order valence-corrected chi connectivity index (χ2v) is 5.87. The van der Waals surface area contributed by atoms with Crippen LogP contribution < -0.4 is 16.0 Å². The Hall–Kier alpha value is -1.55. The van der Waals surface area contributed by atoms with E-state index < -0.39 is 6.04 Å². The Morgan fingerprint density at radius 1 is 1.40 bits per heavy atom. The summed E-state index contributed by atoms with van der Waals surface area (Å²) in [6.07, 6.45) is 6.31. The summed E-state index contributed by atoms with van der Waals surface area (Å²) in [4.78, 5) is 14.1. The molecule has 4 nitrogen and oxygen atoms in total. The standard InChI is InChI=1S/C16H23N3O/c1-2-5-11-6-3-4-9-19(11)12-7-8-13-14(10-12)18-16(20)15(13)17/h7-8,10-11,15H,2-6,9,17H2,1H3,(H,18,20). The fraction of sp³-hybridized carbons (Fsp3) is 0.562. The molecule has 108 valence electrons. The maximum Gasteiger partial charge on any atom is 0.245 e. The average molecular weight is 273 g/mol. The van der Waals surface area contributed by atoms with Gasteiger partial charge in [-0.3, -0.25) is 4.79 Å². The predicted octanol–water partition coefficient (Wildman–Crippen LogP) is 2.80. The summed E-state index contributed by atoms with van der Waals surface area (Å²) in [6, 6.07) is 6.34. The van der Waals surface area contributed by atoms with Gasteiger partial charge in [-0.2, -0.15) is 0 Å². The van der Waals surface area contributed by atoms with Crippen molar-refractivity contribution in [3.63, 3.8) is 0 Å². The highest BCUT2D eigenvalue weighted by Gasteiger charge is 2.29. The first-order valence-corrected chi connectivity index (χ1v) is 7.67. The molecule has 2 heterocycles. The smallest absolute Gasteiger partial charge is 0.245 e. The normalized spacial score (nSPS) is 25.5. The molecule has 1 saturated heterocycles. The number of amides is 1. The fourth-order valence-corrected chi connectivity index (χ4v) is 3.43. The molecule has 3 rings (SSSR count). The Bertz CT molecular complexity index is 512. The van der Waals surface area contributed by atoms with Crippen molar-refractivity contribution in [1.82, 2.24) is 0 Å². The van der Waals surface area contributed by atoms with E-state index in [0.717, 1.165) is 17.8 Å². The van der Waals surface area contributed by atoms with Crippen molar-refractivity contribution in [2.45, 2.75) is 51.1 Å². The maximum absolute atomic E-state index is 11.6. The molecule has 1 amide bonds. The molecule has 1 aromatic carbocycles. The monoisotopic (exact) mass is 273 g/mol. The molecule has 1 aromatic rings. The van der Waals surface area contributed by atoms with Gasteiger partial charge in [0, 0.05) is 29.5 Å². The SMILES string of the molecule is CCCC1CCCCN1c1ccc2c(c1)NC(=O)C2N. The van der Waals surface area contributed by atoms with E-state index in [0.29, 0.717) is 6.04 Å². The van der Waals surface area contributed by atoms with Crippen LogP contribution in [0.1, 0.15) is 50.6 Å². The molecule has 4 heteroatoms. The zero-order chi connectivity index (χ0) is 14.1. The van der Waals surface area contributed by atoms with Crippen LogP contribution in [0.25, 0.3) is 0 Å². The molecule has 0 aromatic heterocycles. The van der Waals surface area contributed by atoms with Gasteiger partial charge in [-0.05, 0) is 37.8 Å². The van der Waals surface area contributed by atoms with E-state index in [-0.39, 0.29) is 5.91 Å². The van der Waals surface area contributed by atoms with Gasteiger partial charge in [-0.25, -0.2) is 0 Å². The number of hydrogen-bond acceptors (Lipinski definition) is 3. The van der Waals surface area contributed by atoms with Crippen molar-refractivity contribution < 1.29 is 4.79 Å². The van der Waals surface area contributed by atoms with Gasteiger partial charge in [-0.15, -0.1) is 0 Å². The van der Waals surface area contributed by atoms with Crippen LogP contribution in [0.4, 0.5) is 11.4 Å². The molecule has 2 atom stereocenters. The van der Waals surface area contributed by atoms with Crippen molar-refractivity contribution >= 4 is 17.3 Å². The Morgan fingerprint density at radius 2 is 2.25 bits per heavy atom. The molecular weight excluding hydrogens is 250 g/mol. The summed E-state index contributed by atoms with van der Waals surface area (Å²) in [5, 5.41) is 2.88. The Morgan fingerprint density at radius 3 is 3.05 bits per heavy atom. The molecule has 2 unspecified atom stereocenters. The zero-order valence-electron chi connectivity index (χ0n) is 12.1. The van der Waals surface area contributed by atoms with Gasteiger partial charge >= 0.3 is 0 Å². The largest absolute Gasteiger partial charge is 0.368 e. The van der Waals surface area contributed by atoms with E-state index in [2.05, 4.69) is 29.3 Å². The molecule has 0 aliphatic carbocycles. The molecular formula is C16H23N3O. The first-order chi connectivity index (χ1) is 9.70. The minimum absolute atomic E-state index is 0.0964. The number of benzene rings is 1. The summed E-state index contributed by atoms with van der Waals surface area (Å²) >= 11 is 0. The maximum atomic E-state index is 11.6.